The Balaban J connectivity index is 1.60. The van der Waals surface area contributed by atoms with E-state index in [2.05, 4.69) is 9.97 Å². The molecule has 8 nitrogen and oxygen atoms in total. The lowest BCUT2D eigenvalue weighted by atomic mass is 9.93. The fourth-order valence-electron chi connectivity index (χ4n) is 3.18. The van der Waals surface area contributed by atoms with Crippen LogP contribution in [0, 0.1) is 0 Å². The summed E-state index contributed by atoms with van der Waals surface area (Å²) in [6.07, 6.45) is -2.68. The smallest absolute Gasteiger partial charge is 0.338 e. The number of halogens is 3. The average Bonchev–Trinajstić information content (AvgIpc) is 3.17. The summed E-state index contributed by atoms with van der Waals surface area (Å²) in [5.74, 6) is -1.74. The van der Waals surface area contributed by atoms with Crippen LogP contribution in [0.4, 0.5) is 19.1 Å². The molecule has 1 saturated heterocycles. The second kappa shape index (κ2) is 8.91. The van der Waals surface area contributed by atoms with Gasteiger partial charge >= 0.3 is 6.18 Å². The van der Waals surface area contributed by atoms with Gasteiger partial charge < -0.3 is 4.90 Å². The number of sulfone groups is 1. The third-order valence-corrected chi connectivity index (χ3v) is 7.54. The summed E-state index contributed by atoms with van der Waals surface area (Å²) in [6, 6.07) is 4.53. The first-order valence-corrected chi connectivity index (χ1v) is 11.9. The highest BCUT2D eigenvalue weighted by Gasteiger charge is 2.32. The number of alkyl halides is 3. The molecule has 13 heteroatoms. The molecule has 0 spiro atoms. The zero-order valence-electron chi connectivity index (χ0n) is 16.3. The Labute approximate surface area is 180 Å². The summed E-state index contributed by atoms with van der Waals surface area (Å²) in [6.45, 7) is 0.824. The van der Waals surface area contributed by atoms with Crippen LogP contribution in [0.2, 0.25) is 0 Å². The van der Waals surface area contributed by atoms with Crippen molar-refractivity contribution in [1.29, 1.82) is 0 Å². The van der Waals surface area contributed by atoms with Crippen LogP contribution in [0.25, 0.3) is 0 Å². The van der Waals surface area contributed by atoms with Crippen LogP contribution in [0.3, 0.4) is 0 Å². The van der Waals surface area contributed by atoms with Crippen molar-refractivity contribution >= 4 is 38.9 Å². The van der Waals surface area contributed by atoms with Crippen molar-refractivity contribution in [3.63, 3.8) is 0 Å². The Hall–Kier alpha value is -2.54. The van der Waals surface area contributed by atoms with Crippen LogP contribution >= 0.6 is 11.3 Å². The Morgan fingerprint density at radius 2 is 1.90 bits per heavy atom. The Bertz CT molecular complexity index is 1080. The topological polar surface area (TPSA) is 109 Å². The highest BCUT2D eigenvalue weighted by molar-refractivity contribution is 7.92. The number of likely N-dealkylation sites (tertiary alicyclic amines) is 1. The van der Waals surface area contributed by atoms with Crippen LogP contribution in [-0.2, 0) is 14.6 Å². The Morgan fingerprint density at radius 1 is 1.23 bits per heavy atom. The van der Waals surface area contributed by atoms with Crippen LogP contribution in [0.5, 0.6) is 0 Å². The molecule has 0 radical (unpaired) electrons. The molecule has 0 atom stereocenters. The number of anilines is 1. The molecule has 1 N–H and O–H groups in total. The predicted molar refractivity (Wildman–Crippen MR) is 107 cm³/mol. The van der Waals surface area contributed by atoms with Gasteiger partial charge in [-0.05, 0) is 31.0 Å². The second-order valence-corrected chi connectivity index (χ2v) is 10.4. The molecule has 168 valence electrons. The number of rotatable bonds is 5. The maximum atomic E-state index is 12.6. The van der Waals surface area contributed by atoms with E-state index in [9.17, 15) is 31.2 Å². The molecule has 0 bridgehead atoms. The highest BCUT2D eigenvalue weighted by Crippen LogP contribution is 2.29. The number of thiophene rings is 1. The number of hydrogen-bond acceptors (Lipinski definition) is 7. The van der Waals surface area contributed by atoms with E-state index in [0.717, 1.165) is 17.6 Å². The van der Waals surface area contributed by atoms with E-state index in [1.54, 1.807) is 11.0 Å². The maximum Gasteiger partial charge on any atom is 0.397 e. The molecule has 3 rings (SSSR count). The molecular weight excluding hydrogens is 457 g/mol. The van der Waals surface area contributed by atoms with Crippen molar-refractivity contribution in [1.82, 2.24) is 14.9 Å². The molecule has 2 aromatic heterocycles. The predicted octanol–water partition coefficient (Wildman–Crippen LogP) is 2.85. The van der Waals surface area contributed by atoms with Crippen LogP contribution in [0.1, 0.15) is 40.5 Å². The standard InChI is InChI=1S/C18H19F3N4O4S2/c1-31(28,29)15-3-2-13(30-15)16(27)25-8-5-11(6-9-25)12-4-7-22-17(23-12)24-14(26)10-18(19,20)21/h2-4,7,11H,5-6,8-10H2,1H3,(H,22,23,24,26). The maximum absolute atomic E-state index is 12.6. The molecule has 1 aliphatic rings. The van der Waals surface area contributed by atoms with E-state index in [1.807, 2.05) is 5.32 Å². The lowest BCUT2D eigenvalue weighted by Gasteiger charge is -2.31. The number of amides is 2. The van der Waals surface area contributed by atoms with Crippen molar-refractivity contribution in [3.05, 3.63) is 35.0 Å². The van der Waals surface area contributed by atoms with E-state index in [-0.39, 0.29) is 22.0 Å². The lowest BCUT2D eigenvalue weighted by Crippen LogP contribution is -2.37. The van der Waals surface area contributed by atoms with Crippen molar-refractivity contribution < 1.29 is 31.2 Å². The van der Waals surface area contributed by atoms with Gasteiger partial charge in [-0.3, -0.25) is 14.9 Å². The van der Waals surface area contributed by atoms with Crippen LogP contribution in [0.15, 0.2) is 28.6 Å². The van der Waals surface area contributed by atoms with E-state index >= 15 is 0 Å². The first-order chi connectivity index (χ1) is 14.4. The van der Waals surface area contributed by atoms with E-state index in [0.29, 0.717) is 36.5 Å². The minimum absolute atomic E-state index is 0.0553. The van der Waals surface area contributed by atoms with Gasteiger partial charge in [-0.1, -0.05) is 0 Å². The van der Waals surface area contributed by atoms with Gasteiger partial charge in [0, 0.05) is 37.2 Å². The number of aromatic nitrogens is 2. The normalized spacial score (nSPS) is 15.7. The number of carbonyl (C=O) groups excluding carboxylic acids is 2. The first kappa shape index (κ1) is 23.1. The van der Waals surface area contributed by atoms with Gasteiger partial charge in [-0.15, -0.1) is 11.3 Å². The number of hydrogen-bond donors (Lipinski definition) is 1. The zero-order chi connectivity index (χ0) is 22.8. The van der Waals surface area contributed by atoms with E-state index < -0.39 is 28.3 Å². The van der Waals surface area contributed by atoms with Crippen molar-refractivity contribution in [2.45, 2.75) is 35.6 Å². The summed E-state index contributed by atoms with van der Waals surface area (Å²) in [4.78, 5) is 34.0. The Kier molecular flexibility index (Phi) is 6.65. The minimum atomic E-state index is -4.62. The van der Waals surface area contributed by atoms with Crippen molar-refractivity contribution in [2.75, 3.05) is 24.7 Å². The molecule has 31 heavy (non-hydrogen) atoms. The Morgan fingerprint density at radius 3 is 2.48 bits per heavy atom. The van der Waals surface area contributed by atoms with Gasteiger partial charge in [0.25, 0.3) is 5.91 Å². The molecule has 1 fully saturated rings. The fourth-order valence-corrected chi connectivity index (χ4v) is 5.08. The molecule has 1 aliphatic heterocycles. The molecule has 0 aromatic carbocycles. The van der Waals surface area contributed by atoms with Gasteiger partial charge in [0.1, 0.15) is 10.6 Å². The lowest BCUT2D eigenvalue weighted by molar-refractivity contribution is -0.150. The molecule has 3 heterocycles. The fraction of sp³-hybridized carbons (Fsp3) is 0.444. The van der Waals surface area contributed by atoms with Gasteiger partial charge in [0.05, 0.1) is 4.88 Å². The van der Waals surface area contributed by atoms with Crippen LogP contribution < -0.4 is 5.32 Å². The molecule has 2 aromatic rings. The quantitative estimate of drug-likeness (QED) is 0.711. The summed E-state index contributed by atoms with van der Waals surface area (Å²) in [5.41, 5.74) is 0.569. The summed E-state index contributed by atoms with van der Waals surface area (Å²) >= 11 is 0.930. The van der Waals surface area contributed by atoms with Crippen molar-refractivity contribution in [2.24, 2.45) is 0 Å². The van der Waals surface area contributed by atoms with Crippen LogP contribution in [-0.4, -0.2) is 60.6 Å². The SMILES string of the molecule is CS(=O)(=O)c1ccc(C(=O)N2CCC(c3ccnc(NC(=O)CC(F)(F)F)n3)CC2)s1. The molecule has 2 amide bonds. The van der Waals surface area contributed by atoms with Crippen molar-refractivity contribution in [3.8, 4) is 0 Å². The van der Waals surface area contributed by atoms with Gasteiger partial charge in [0.15, 0.2) is 9.84 Å². The van der Waals surface area contributed by atoms with E-state index in [4.69, 9.17) is 0 Å². The van der Waals surface area contributed by atoms with Gasteiger partial charge in [0.2, 0.25) is 11.9 Å². The summed E-state index contributed by atoms with van der Waals surface area (Å²) in [7, 11) is -3.37. The highest BCUT2D eigenvalue weighted by atomic mass is 32.2. The third-order valence-electron chi connectivity index (χ3n) is 4.65. The zero-order valence-corrected chi connectivity index (χ0v) is 18.0. The average molecular weight is 477 g/mol. The van der Waals surface area contributed by atoms with Gasteiger partial charge in [-0.2, -0.15) is 13.2 Å². The molecule has 0 saturated carbocycles. The summed E-state index contributed by atoms with van der Waals surface area (Å²) < 4.78 is 60.2. The monoisotopic (exact) mass is 476 g/mol. The number of carbonyl (C=O) groups is 2. The minimum Gasteiger partial charge on any atom is -0.338 e. The van der Waals surface area contributed by atoms with E-state index in [1.165, 1.54) is 18.3 Å². The largest absolute Gasteiger partial charge is 0.397 e. The number of piperidine rings is 1. The number of nitrogens with one attached hydrogen (secondary N) is 1. The van der Waals surface area contributed by atoms with Gasteiger partial charge in [-0.25, -0.2) is 18.4 Å². The summed E-state index contributed by atoms with van der Waals surface area (Å²) in [5, 5.41) is 2.05. The third kappa shape index (κ3) is 6.23. The molecule has 0 unspecified atom stereocenters. The number of nitrogens with zero attached hydrogens (tertiary/aromatic N) is 3. The second-order valence-electron chi connectivity index (χ2n) is 7.10. The first-order valence-electron chi connectivity index (χ1n) is 9.21. The molecular formula is C18H19F3N4O4S2. The molecule has 0 aliphatic carbocycles.